The molecule has 0 bridgehead atoms. The third-order valence-electron chi connectivity index (χ3n) is 5.61. The maximum absolute atomic E-state index is 2.70. The molecule has 2 aliphatic heterocycles. The molecule has 22 heavy (non-hydrogen) atoms. The van der Waals surface area contributed by atoms with Gasteiger partial charge >= 0.3 is 0 Å². The fourth-order valence-electron chi connectivity index (χ4n) is 3.90. The molecule has 2 aliphatic rings. The maximum atomic E-state index is 2.70. The summed E-state index contributed by atoms with van der Waals surface area (Å²) in [5.74, 6) is 0. The summed E-state index contributed by atoms with van der Waals surface area (Å²) in [6.45, 7) is 14.9. The van der Waals surface area contributed by atoms with Crippen LogP contribution >= 0.6 is 0 Å². The fourth-order valence-corrected chi connectivity index (χ4v) is 3.90. The number of rotatable bonds is 6. The van der Waals surface area contributed by atoms with E-state index in [1.54, 1.807) is 0 Å². The largest absolute Gasteiger partial charge is 0.306 e. The molecular weight excluding hydrogens is 272 g/mol. The van der Waals surface area contributed by atoms with Gasteiger partial charge in [0, 0.05) is 38.3 Å². The van der Waals surface area contributed by atoms with E-state index in [2.05, 4.69) is 47.5 Å². The summed E-state index contributed by atoms with van der Waals surface area (Å²) in [5.41, 5.74) is 0. The third-order valence-corrected chi connectivity index (χ3v) is 5.61. The van der Waals surface area contributed by atoms with E-state index < -0.39 is 0 Å². The van der Waals surface area contributed by atoms with Gasteiger partial charge in [-0.3, -0.25) is 4.90 Å². The first kappa shape index (κ1) is 18.2. The van der Waals surface area contributed by atoms with Crippen molar-refractivity contribution in [2.24, 2.45) is 0 Å². The van der Waals surface area contributed by atoms with E-state index in [4.69, 9.17) is 0 Å². The highest BCUT2D eigenvalue weighted by atomic mass is 15.3. The Bertz CT molecular complexity index is 297. The van der Waals surface area contributed by atoms with Crippen LogP contribution in [0.2, 0.25) is 0 Å². The molecular formula is C18H38N4. The van der Waals surface area contributed by atoms with Gasteiger partial charge in [-0.15, -0.1) is 0 Å². The van der Waals surface area contributed by atoms with E-state index in [9.17, 15) is 0 Å². The number of piperazine rings is 1. The van der Waals surface area contributed by atoms with Gasteiger partial charge in [-0.05, 0) is 79.8 Å². The minimum Gasteiger partial charge on any atom is -0.306 e. The second kappa shape index (κ2) is 9.21. The van der Waals surface area contributed by atoms with Crippen molar-refractivity contribution in [3.63, 3.8) is 0 Å². The second-order valence-corrected chi connectivity index (χ2v) is 7.71. The molecule has 0 aromatic rings. The van der Waals surface area contributed by atoms with Crippen molar-refractivity contribution in [2.45, 2.75) is 51.6 Å². The Morgan fingerprint density at radius 2 is 1.50 bits per heavy atom. The zero-order valence-corrected chi connectivity index (χ0v) is 15.4. The van der Waals surface area contributed by atoms with Crippen LogP contribution < -0.4 is 0 Å². The molecule has 2 heterocycles. The Labute approximate surface area is 138 Å². The summed E-state index contributed by atoms with van der Waals surface area (Å²) < 4.78 is 0. The number of hydrogen-bond donors (Lipinski definition) is 0. The van der Waals surface area contributed by atoms with Gasteiger partial charge in [-0.25, -0.2) is 0 Å². The Kier molecular flexibility index (Phi) is 7.61. The summed E-state index contributed by atoms with van der Waals surface area (Å²) in [5, 5.41) is 0. The number of likely N-dealkylation sites (tertiary alicyclic amines) is 1. The first-order chi connectivity index (χ1) is 10.6. The van der Waals surface area contributed by atoms with Crippen LogP contribution in [0.15, 0.2) is 0 Å². The first-order valence-electron chi connectivity index (χ1n) is 9.41. The molecule has 1 unspecified atom stereocenters. The van der Waals surface area contributed by atoms with Gasteiger partial charge in [0.1, 0.15) is 0 Å². The van der Waals surface area contributed by atoms with Gasteiger partial charge in [0.25, 0.3) is 0 Å². The predicted molar refractivity (Wildman–Crippen MR) is 95.5 cm³/mol. The average Bonchev–Trinajstić information content (AvgIpc) is 2.73. The molecule has 0 N–H and O–H groups in total. The Morgan fingerprint density at radius 3 is 2.09 bits per heavy atom. The molecule has 0 saturated carbocycles. The molecule has 1 atom stereocenters. The van der Waals surface area contributed by atoms with E-state index in [0.29, 0.717) is 6.04 Å². The monoisotopic (exact) mass is 310 g/mol. The lowest BCUT2D eigenvalue weighted by Gasteiger charge is -2.37. The van der Waals surface area contributed by atoms with Gasteiger partial charge < -0.3 is 14.7 Å². The highest BCUT2D eigenvalue weighted by Gasteiger charge is 2.20. The summed E-state index contributed by atoms with van der Waals surface area (Å²) in [6.07, 6.45) is 5.44. The van der Waals surface area contributed by atoms with Gasteiger partial charge in [0.15, 0.2) is 0 Å². The van der Waals surface area contributed by atoms with Crippen molar-refractivity contribution in [1.29, 1.82) is 0 Å². The van der Waals surface area contributed by atoms with Crippen LogP contribution in [-0.2, 0) is 0 Å². The molecule has 0 amide bonds. The highest BCUT2D eigenvalue weighted by molar-refractivity contribution is 4.76. The Morgan fingerprint density at radius 1 is 0.864 bits per heavy atom. The van der Waals surface area contributed by atoms with Crippen LogP contribution in [0.1, 0.15) is 39.5 Å². The van der Waals surface area contributed by atoms with E-state index in [1.807, 2.05) is 0 Å². The summed E-state index contributed by atoms with van der Waals surface area (Å²) >= 11 is 0. The minimum atomic E-state index is 0.712. The lowest BCUT2D eigenvalue weighted by molar-refractivity contribution is 0.104. The zero-order valence-electron chi connectivity index (χ0n) is 15.4. The van der Waals surface area contributed by atoms with Gasteiger partial charge in [0.05, 0.1) is 0 Å². The minimum absolute atomic E-state index is 0.712. The molecule has 0 radical (unpaired) electrons. The highest BCUT2D eigenvalue weighted by Crippen LogP contribution is 2.15. The molecule has 130 valence electrons. The average molecular weight is 311 g/mol. The maximum Gasteiger partial charge on any atom is 0.0113 e. The van der Waals surface area contributed by atoms with Crippen molar-refractivity contribution in [3.05, 3.63) is 0 Å². The third kappa shape index (κ3) is 5.80. The van der Waals surface area contributed by atoms with E-state index >= 15 is 0 Å². The fraction of sp³-hybridized carbons (Fsp3) is 1.00. The number of hydrogen-bond acceptors (Lipinski definition) is 4. The molecule has 2 saturated heterocycles. The molecule has 4 nitrogen and oxygen atoms in total. The SMILES string of the molecule is CC(C)N1CCN(CCCN2CCCC(N(C)C)CC2)CC1. The van der Waals surface area contributed by atoms with Crippen LogP contribution in [0, 0.1) is 0 Å². The summed E-state index contributed by atoms with van der Waals surface area (Å²) in [6, 6.07) is 1.51. The molecule has 0 spiro atoms. The van der Waals surface area contributed by atoms with Gasteiger partial charge in [0.2, 0.25) is 0 Å². The van der Waals surface area contributed by atoms with E-state index in [1.165, 1.54) is 78.0 Å². The molecule has 4 heteroatoms. The second-order valence-electron chi connectivity index (χ2n) is 7.71. The van der Waals surface area contributed by atoms with Crippen molar-refractivity contribution in [1.82, 2.24) is 19.6 Å². The Balaban J connectivity index is 1.59. The van der Waals surface area contributed by atoms with Crippen LogP contribution in [0.5, 0.6) is 0 Å². The topological polar surface area (TPSA) is 13.0 Å². The zero-order chi connectivity index (χ0) is 15.9. The molecule has 0 aromatic heterocycles. The molecule has 2 rings (SSSR count). The summed E-state index contributed by atoms with van der Waals surface area (Å²) in [4.78, 5) is 10.4. The van der Waals surface area contributed by atoms with E-state index in [0.717, 1.165) is 6.04 Å². The standard InChI is InChI=1S/C18H38N4/c1-17(2)22-15-13-21(14-16-22)11-6-10-20-9-5-7-18(8-12-20)19(3)4/h17-18H,5-16H2,1-4H3. The first-order valence-corrected chi connectivity index (χ1v) is 9.41. The normalized spacial score (nSPS) is 26.7. The van der Waals surface area contributed by atoms with Crippen LogP contribution in [0.4, 0.5) is 0 Å². The van der Waals surface area contributed by atoms with Crippen molar-refractivity contribution in [3.8, 4) is 0 Å². The smallest absolute Gasteiger partial charge is 0.0113 e. The molecule has 0 aromatic carbocycles. The van der Waals surface area contributed by atoms with Gasteiger partial charge in [-0.1, -0.05) is 0 Å². The summed E-state index contributed by atoms with van der Waals surface area (Å²) in [7, 11) is 4.47. The van der Waals surface area contributed by atoms with Crippen molar-refractivity contribution < 1.29 is 0 Å². The van der Waals surface area contributed by atoms with Crippen molar-refractivity contribution >= 4 is 0 Å². The molecule has 0 aliphatic carbocycles. The van der Waals surface area contributed by atoms with Crippen LogP contribution in [-0.4, -0.2) is 98.1 Å². The predicted octanol–water partition coefficient (Wildman–Crippen LogP) is 1.82. The lowest BCUT2D eigenvalue weighted by Crippen LogP contribution is -2.49. The Hall–Kier alpha value is -0.160. The van der Waals surface area contributed by atoms with E-state index in [-0.39, 0.29) is 0 Å². The van der Waals surface area contributed by atoms with Crippen LogP contribution in [0.25, 0.3) is 0 Å². The van der Waals surface area contributed by atoms with Crippen molar-refractivity contribution in [2.75, 3.05) is 66.5 Å². The van der Waals surface area contributed by atoms with Crippen LogP contribution in [0.3, 0.4) is 0 Å². The molecule has 2 fully saturated rings. The van der Waals surface area contributed by atoms with Gasteiger partial charge in [-0.2, -0.15) is 0 Å². The lowest BCUT2D eigenvalue weighted by atomic mass is 10.1. The quantitative estimate of drug-likeness (QED) is 0.742. The number of nitrogens with zero attached hydrogens (tertiary/aromatic N) is 4.